The summed E-state index contributed by atoms with van der Waals surface area (Å²) in [4.78, 5) is 5.88. The first kappa shape index (κ1) is 16.5. The molecule has 1 aromatic rings. The van der Waals surface area contributed by atoms with E-state index in [2.05, 4.69) is 9.27 Å². The third kappa shape index (κ3) is 3.99. The molecule has 1 saturated heterocycles. The van der Waals surface area contributed by atoms with Gasteiger partial charge in [-0.15, -0.1) is 17.1 Å². The van der Waals surface area contributed by atoms with E-state index in [1.54, 1.807) is 0 Å². The first-order chi connectivity index (χ1) is 8.87. The van der Waals surface area contributed by atoms with Gasteiger partial charge in [0.25, 0.3) is 5.62 Å². The van der Waals surface area contributed by atoms with E-state index in [1.807, 2.05) is 4.90 Å². The predicted molar refractivity (Wildman–Crippen MR) is 73.9 cm³/mol. The van der Waals surface area contributed by atoms with Crippen LogP contribution in [0.15, 0.2) is 6.07 Å². The van der Waals surface area contributed by atoms with E-state index in [9.17, 15) is 8.42 Å². The molecule has 2 rings (SSSR count). The Kier molecular flexibility index (Phi) is 5.20. The Balaban J connectivity index is 0.00000200. The van der Waals surface area contributed by atoms with Gasteiger partial charge in [0.15, 0.2) is 0 Å². The number of nitrogens with two attached hydrogens (primary N) is 1. The fourth-order valence-corrected chi connectivity index (χ4v) is 2.30. The predicted octanol–water partition coefficient (Wildman–Crippen LogP) is -0.412. The summed E-state index contributed by atoms with van der Waals surface area (Å²) in [7, 11) is -4.75. The zero-order chi connectivity index (χ0) is 14.0. The van der Waals surface area contributed by atoms with Gasteiger partial charge in [0.2, 0.25) is 0 Å². The molecule has 0 aromatic carbocycles. The van der Waals surface area contributed by atoms with Gasteiger partial charge in [-0.25, -0.2) is 0 Å². The summed E-state index contributed by atoms with van der Waals surface area (Å²) in [6.07, 6.45) is 3.22. The average Bonchev–Trinajstić information content (AvgIpc) is 2.33. The molecule has 2 heterocycles. The molecular formula is C9H16ClN5O4S. The third-order valence-corrected chi connectivity index (χ3v) is 3.11. The number of nitrogens with zero attached hydrogens (tertiary/aromatic N) is 3. The van der Waals surface area contributed by atoms with Gasteiger partial charge in [-0.1, -0.05) is 0 Å². The SMILES string of the molecule is Cl.N=c1nc(N2CCCCC2)cc(N)n1OS(=O)(=O)O. The van der Waals surface area contributed by atoms with Crippen LogP contribution in [0.2, 0.25) is 0 Å². The van der Waals surface area contributed by atoms with Crippen molar-refractivity contribution in [2.45, 2.75) is 19.3 Å². The largest absolute Gasteiger partial charge is 0.465 e. The normalized spacial score (nSPS) is 15.6. The van der Waals surface area contributed by atoms with Gasteiger partial charge in [-0.2, -0.15) is 13.4 Å². The van der Waals surface area contributed by atoms with Crippen molar-refractivity contribution in [1.82, 2.24) is 9.71 Å². The highest BCUT2D eigenvalue weighted by atomic mass is 35.5. The van der Waals surface area contributed by atoms with Crippen LogP contribution in [-0.4, -0.2) is 35.8 Å². The maximum absolute atomic E-state index is 10.6. The van der Waals surface area contributed by atoms with Crippen molar-refractivity contribution in [2.24, 2.45) is 0 Å². The van der Waals surface area contributed by atoms with Crippen LogP contribution >= 0.6 is 12.4 Å². The van der Waals surface area contributed by atoms with Crippen molar-refractivity contribution in [1.29, 1.82) is 5.41 Å². The third-order valence-electron chi connectivity index (χ3n) is 2.77. The number of nitrogens with one attached hydrogen (secondary N) is 1. The zero-order valence-electron chi connectivity index (χ0n) is 10.5. The molecule has 0 amide bonds. The number of anilines is 2. The maximum atomic E-state index is 10.6. The number of hydrogen-bond acceptors (Lipinski definition) is 7. The quantitative estimate of drug-likeness (QED) is 0.643. The van der Waals surface area contributed by atoms with E-state index < -0.39 is 16.0 Å². The van der Waals surface area contributed by atoms with Gasteiger partial charge in [0.05, 0.1) is 0 Å². The summed E-state index contributed by atoms with van der Waals surface area (Å²) in [5, 5.41) is 7.60. The Bertz CT molecular complexity index is 626. The molecule has 1 aromatic heterocycles. The highest BCUT2D eigenvalue weighted by molar-refractivity contribution is 7.81. The first-order valence-corrected chi connectivity index (χ1v) is 7.10. The number of aromatic nitrogens is 2. The summed E-state index contributed by atoms with van der Waals surface area (Å²) in [5.74, 6) is 0.371. The molecule has 1 aliphatic rings. The van der Waals surface area contributed by atoms with Crippen LogP contribution in [0.25, 0.3) is 0 Å². The summed E-state index contributed by atoms with van der Waals surface area (Å²) < 4.78 is 34.4. The number of hydrogen-bond donors (Lipinski definition) is 3. The lowest BCUT2D eigenvalue weighted by molar-refractivity contribution is 0.226. The molecule has 0 saturated carbocycles. The standard InChI is InChI=1S/C9H15N5O4S.ClH/c10-7-6-8(13-4-2-1-3-5-13)12-9(11)14(7)18-19(15,16)17;/h6,11H,1-5,10H2,(H,15,16,17);1H. The molecule has 0 radical (unpaired) electrons. The van der Waals surface area contributed by atoms with E-state index in [4.69, 9.17) is 15.7 Å². The summed E-state index contributed by atoms with van der Waals surface area (Å²) in [5.41, 5.74) is 5.11. The zero-order valence-corrected chi connectivity index (χ0v) is 12.2. The molecule has 1 aliphatic heterocycles. The van der Waals surface area contributed by atoms with Crippen molar-refractivity contribution in [3.63, 3.8) is 0 Å². The number of halogens is 1. The van der Waals surface area contributed by atoms with Crippen LogP contribution in [0.4, 0.5) is 11.6 Å². The van der Waals surface area contributed by atoms with Crippen molar-refractivity contribution in [3.8, 4) is 0 Å². The van der Waals surface area contributed by atoms with Crippen LogP contribution in [0.1, 0.15) is 19.3 Å². The Morgan fingerprint density at radius 1 is 1.35 bits per heavy atom. The lowest BCUT2D eigenvalue weighted by Gasteiger charge is -2.27. The molecule has 0 aliphatic carbocycles. The second kappa shape index (κ2) is 6.29. The molecule has 0 bridgehead atoms. The molecule has 0 unspecified atom stereocenters. The van der Waals surface area contributed by atoms with Gasteiger partial charge in [-0.3, -0.25) is 14.2 Å². The van der Waals surface area contributed by atoms with Gasteiger partial charge >= 0.3 is 10.4 Å². The Labute approximate surface area is 122 Å². The molecule has 0 atom stereocenters. The fourth-order valence-electron chi connectivity index (χ4n) is 1.96. The van der Waals surface area contributed by atoms with Gasteiger partial charge in [-0.05, 0) is 19.3 Å². The minimum atomic E-state index is -4.75. The van der Waals surface area contributed by atoms with Gasteiger partial charge in [0.1, 0.15) is 11.6 Å². The Morgan fingerprint density at radius 2 is 1.95 bits per heavy atom. The van der Waals surface area contributed by atoms with Crippen LogP contribution in [0, 0.1) is 5.41 Å². The molecule has 20 heavy (non-hydrogen) atoms. The Morgan fingerprint density at radius 3 is 2.45 bits per heavy atom. The number of rotatable bonds is 3. The minimum absolute atomic E-state index is 0. The van der Waals surface area contributed by atoms with Gasteiger partial charge in [0, 0.05) is 19.2 Å². The monoisotopic (exact) mass is 325 g/mol. The summed E-state index contributed by atoms with van der Waals surface area (Å²) in [6, 6.07) is 1.41. The van der Waals surface area contributed by atoms with Crippen LogP contribution in [-0.2, 0) is 10.4 Å². The van der Waals surface area contributed by atoms with Crippen molar-refractivity contribution < 1.29 is 17.3 Å². The van der Waals surface area contributed by atoms with Crippen LogP contribution < -0.4 is 20.5 Å². The maximum Gasteiger partial charge on any atom is 0.465 e. The molecule has 0 spiro atoms. The van der Waals surface area contributed by atoms with Crippen molar-refractivity contribution in [3.05, 3.63) is 11.7 Å². The van der Waals surface area contributed by atoms with E-state index in [0.29, 0.717) is 10.5 Å². The lowest BCUT2D eigenvalue weighted by Crippen LogP contribution is -2.37. The topological polar surface area (TPSA) is 135 Å². The van der Waals surface area contributed by atoms with E-state index in [-0.39, 0.29) is 18.2 Å². The van der Waals surface area contributed by atoms with E-state index in [1.165, 1.54) is 6.07 Å². The van der Waals surface area contributed by atoms with Crippen molar-refractivity contribution in [2.75, 3.05) is 23.7 Å². The molecule has 114 valence electrons. The lowest BCUT2D eigenvalue weighted by atomic mass is 10.1. The number of piperidine rings is 1. The smallest absolute Gasteiger partial charge is 0.382 e. The van der Waals surface area contributed by atoms with Crippen LogP contribution in [0.5, 0.6) is 0 Å². The second-order valence-electron chi connectivity index (χ2n) is 4.21. The van der Waals surface area contributed by atoms with Gasteiger partial charge < -0.3 is 10.6 Å². The van der Waals surface area contributed by atoms with E-state index >= 15 is 0 Å². The molecule has 1 fully saturated rings. The second-order valence-corrected chi connectivity index (χ2v) is 5.21. The van der Waals surface area contributed by atoms with E-state index in [0.717, 1.165) is 32.4 Å². The minimum Gasteiger partial charge on any atom is -0.382 e. The first-order valence-electron chi connectivity index (χ1n) is 5.73. The summed E-state index contributed by atoms with van der Waals surface area (Å²) in [6.45, 7) is 1.63. The highest BCUT2D eigenvalue weighted by Crippen LogP contribution is 2.17. The van der Waals surface area contributed by atoms with Crippen molar-refractivity contribution >= 4 is 34.4 Å². The fraction of sp³-hybridized carbons (Fsp3) is 0.556. The molecule has 11 heteroatoms. The number of nitrogen functional groups attached to an aromatic ring is 1. The average molecular weight is 326 g/mol. The summed E-state index contributed by atoms with van der Waals surface area (Å²) >= 11 is 0. The Hall–Kier alpha value is -1.52. The highest BCUT2D eigenvalue weighted by Gasteiger charge is 2.16. The molecule has 9 nitrogen and oxygen atoms in total. The molecule has 4 N–H and O–H groups in total. The molecular weight excluding hydrogens is 310 g/mol. The van der Waals surface area contributed by atoms with Crippen LogP contribution in [0.3, 0.4) is 0 Å².